The maximum absolute atomic E-state index is 12.4. The lowest BCUT2D eigenvalue weighted by molar-refractivity contribution is 0.289. The van der Waals surface area contributed by atoms with Gasteiger partial charge in [-0.25, -0.2) is 12.7 Å². The van der Waals surface area contributed by atoms with Gasteiger partial charge in [0.05, 0.1) is 17.9 Å². The van der Waals surface area contributed by atoms with Crippen LogP contribution in [0.2, 0.25) is 0 Å². The van der Waals surface area contributed by atoms with Crippen molar-refractivity contribution in [2.24, 2.45) is 0 Å². The Hall–Kier alpha value is -1.38. The first-order valence-electron chi connectivity index (χ1n) is 7.08. The average molecular weight is 402 g/mol. The van der Waals surface area contributed by atoms with Crippen LogP contribution in [0.5, 0.6) is 5.75 Å². The van der Waals surface area contributed by atoms with Crippen molar-refractivity contribution in [1.29, 1.82) is 0 Å². The summed E-state index contributed by atoms with van der Waals surface area (Å²) in [4.78, 5) is 0.270. The van der Waals surface area contributed by atoms with E-state index < -0.39 is 10.0 Å². The molecule has 0 bridgehead atoms. The molecule has 2 aromatic rings. The maximum atomic E-state index is 12.4. The molecule has 8 heteroatoms. The van der Waals surface area contributed by atoms with E-state index >= 15 is 0 Å². The Morgan fingerprint density at radius 2 is 1.83 bits per heavy atom. The first kappa shape index (κ1) is 18.0. The van der Waals surface area contributed by atoms with Crippen molar-refractivity contribution in [3.8, 4) is 5.75 Å². The van der Waals surface area contributed by atoms with E-state index in [0.717, 1.165) is 10.2 Å². The molecule has 0 aliphatic rings. The van der Waals surface area contributed by atoms with Crippen molar-refractivity contribution < 1.29 is 13.2 Å². The Kier molecular flexibility index (Phi) is 5.49. The predicted molar refractivity (Wildman–Crippen MR) is 92.2 cm³/mol. The Balaban J connectivity index is 2.11. The lowest BCUT2D eigenvalue weighted by Crippen LogP contribution is -2.23. The molecule has 1 heterocycles. The molecule has 23 heavy (non-hydrogen) atoms. The maximum Gasteiger partial charge on any atom is 0.246 e. The lowest BCUT2D eigenvalue weighted by atomic mass is 10.3. The fourth-order valence-corrected chi connectivity index (χ4v) is 3.76. The first-order valence-corrected chi connectivity index (χ1v) is 9.31. The third kappa shape index (κ3) is 3.94. The summed E-state index contributed by atoms with van der Waals surface area (Å²) in [6.07, 6.45) is 0. The highest BCUT2D eigenvalue weighted by atomic mass is 79.9. The molecular weight excluding hydrogens is 382 g/mol. The number of nitrogens with zero attached hydrogens (tertiary/aromatic N) is 3. The minimum absolute atomic E-state index is 0.270. The molecule has 6 nitrogen and oxygen atoms in total. The monoisotopic (exact) mass is 401 g/mol. The third-order valence-corrected chi connectivity index (χ3v) is 6.04. The number of aromatic nitrogens is 2. The highest BCUT2D eigenvalue weighted by molar-refractivity contribution is 9.10. The predicted octanol–water partition coefficient (Wildman–Crippen LogP) is 2.59. The number of sulfonamides is 1. The number of ether oxygens (including phenoxy) is 1. The first-order chi connectivity index (χ1) is 10.7. The van der Waals surface area contributed by atoms with Gasteiger partial charge in [-0.2, -0.15) is 5.10 Å². The molecule has 1 aromatic heterocycles. The van der Waals surface area contributed by atoms with Gasteiger partial charge in [-0.15, -0.1) is 0 Å². The van der Waals surface area contributed by atoms with Gasteiger partial charge in [0.25, 0.3) is 0 Å². The molecule has 0 radical (unpaired) electrons. The van der Waals surface area contributed by atoms with Crippen LogP contribution >= 0.6 is 15.9 Å². The number of hydrogen-bond acceptors (Lipinski definition) is 4. The molecule has 2 rings (SSSR count). The van der Waals surface area contributed by atoms with Crippen molar-refractivity contribution in [3.63, 3.8) is 0 Å². The van der Waals surface area contributed by atoms with Gasteiger partial charge in [-0.1, -0.05) is 15.9 Å². The SMILES string of the molecule is Cc1nn(CCOc2ccc(Br)cc2)c(C)c1S(=O)(=O)N(C)C. The Labute approximate surface area is 145 Å². The quantitative estimate of drug-likeness (QED) is 0.745. The van der Waals surface area contributed by atoms with Crippen LogP contribution in [0.4, 0.5) is 0 Å². The summed E-state index contributed by atoms with van der Waals surface area (Å²) in [5.74, 6) is 0.760. The van der Waals surface area contributed by atoms with Gasteiger partial charge in [0.1, 0.15) is 17.3 Å². The van der Waals surface area contributed by atoms with Crippen molar-refractivity contribution in [2.75, 3.05) is 20.7 Å². The zero-order chi connectivity index (χ0) is 17.2. The van der Waals surface area contributed by atoms with E-state index in [4.69, 9.17) is 4.74 Å². The molecule has 0 saturated carbocycles. The van der Waals surface area contributed by atoms with E-state index in [1.807, 2.05) is 24.3 Å². The smallest absolute Gasteiger partial charge is 0.246 e. The summed E-state index contributed by atoms with van der Waals surface area (Å²) in [5, 5.41) is 4.33. The molecular formula is C15H20BrN3O3S. The summed E-state index contributed by atoms with van der Waals surface area (Å²) < 4.78 is 34.2. The molecule has 0 aliphatic carbocycles. The highest BCUT2D eigenvalue weighted by Gasteiger charge is 2.26. The molecule has 0 amide bonds. The van der Waals surface area contributed by atoms with Gasteiger partial charge >= 0.3 is 0 Å². The molecule has 0 fully saturated rings. The zero-order valence-electron chi connectivity index (χ0n) is 13.6. The van der Waals surface area contributed by atoms with Gasteiger partial charge in [-0.05, 0) is 38.1 Å². The fourth-order valence-electron chi connectivity index (χ4n) is 2.23. The Morgan fingerprint density at radius 3 is 2.39 bits per heavy atom. The fraction of sp³-hybridized carbons (Fsp3) is 0.400. The molecule has 0 atom stereocenters. The van der Waals surface area contributed by atoms with Crippen molar-refractivity contribution in [3.05, 3.63) is 40.1 Å². The standard InChI is InChI=1S/C15H20BrN3O3S/c1-11-15(23(20,21)18(3)4)12(2)19(17-11)9-10-22-14-7-5-13(16)6-8-14/h5-8H,9-10H2,1-4H3. The number of hydrogen-bond donors (Lipinski definition) is 0. The summed E-state index contributed by atoms with van der Waals surface area (Å²) in [5.41, 5.74) is 1.12. The molecule has 0 unspecified atom stereocenters. The number of aryl methyl sites for hydroxylation is 1. The topological polar surface area (TPSA) is 64.4 Å². The van der Waals surface area contributed by atoms with Crippen LogP contribution < -0.4 is 4.74 Å². The molecule has 0 aliphatic heterocycles. The molecule has 0 spiro atoms. The van der Waals surface area contributed by atoms with Gasteiger partial charge in [0.2, 0.25) is 10.0 Å². The second-order valence-corrected chi connectivity index (χ2v) is 8.32. The largest absolute Gasteiger partial charge is 0.492 e. The van der Waals surface area contributed by atoms with Gasteiger partial charge < -0.3 is 4.74 Å². The van der Waals surface area contributed by atoms with Crippen molar-refractivity contribution >= 4 is 26.0 Å². The van der Waals surface area contributed by atoms with Crippen molar-refractivity contribution in [2.45, 2.75) is 25.3 Å². The second-order valence-electron chi connectivity index (χ2n) is 5.31. The molecule has 1 aromatic carbocycles. The van der Waals surface area contributed by atoms with E-state index in [2.05, 4.69) is 21.0 Å². The van der Waals surface area contributed by atoms with E-state index in [9.17, 15) is 8.42 Å². The number of benzene rings is 1. The number of rotatable bonds is 6. The highest BCUT2D eigenvalue weighted by Crippen LogP contribution is 2.22. The van der Waals surface area contributed by atoms with Crippen LogP contribution in [0.25, 0.3) is 0 Å². The van der Waals surface area contributed by atoms with Crippen LogP contribution in [0.1, 0.15) is 11.4 Å². The normalized spacial score (nSPS) is 11.9. The second kappa shape index (κ2) is 7.02. The van der Waals surface area contributed by atoms with Crippen LogP contribution in [0.3, 0.4) is 0 Å². The summed E-state index contributed by atoms with van der Waals surface area (Å²) >= 11 is 3.37. The van der Waals surface area contributed by atoms with Gasteiger partial charge in [0, 0.05) is 18.6 Å². The summed E-state index contributed by atoms with van der Waals surface area (Å²) in [6.45, 7) is 4.35. The summed E-state index contributed by atoms with van der Waals surface area (Å²) in [6, 6.07) is 7.54. The molecule has 126 valence electrons. The Morgan fingerprint density at radius 1 is 1.22 bits per heavy atom. The number of halogens is 1. The summed E-state index contributed by atoms with van der Waals surface area (Å²) in [7, 11) is -0.463. The Bertz CT molecular complexity index is 783. The third-order valence-electron chi connectivity index (χ3n) is 3.44. The molecule has 0 N–H and O–H groups in total. The zero-order valence-corrected chi connectivity index (χ0v) is 16.0. The van der Waals surface area contributed by atoms with Gasteiger partial charge in [-0.3, -0.25) is 4.68 Å². The molecule has 0 saturated heterocycles. The van der Waals surface area contributed by atoms with Crippen LogP contribution in [-0.2, 0) is 16.6 Å². The van der Waals surface area contributed by atoms with E-state index in [-0.39, 0.29) is 4.90 Å². The van der Waals surface area contributed by atoms with E-state index in [0.29, 0.717) is 24.5 Å². The minimum atomic E-state index is -3.50. The van der Waals surface area contributed by atoms with E-state index in [1.54, 1.807) is 18.5 Å². The lowest BCUT2D eigenvalue weighted by Gasteiger charge is -2.12. The van der Waals surface area contributed by atoms with Crippen LogP contribution in [0, 0.1) is 13.8 Å². The van der Waals surface area contributed by atoms with Crippen LogP contribution in [-0.4, -0.2) is 43.2 Å². The van der Waals surface area contributed by atoms with Gasteiger partial charge in [0.15, 0.2) is 0 Å². The van der Waals surface area contributed by atoms with E-state index in [1.165, 1.54) is 18.4 Å². The van der Waals surface area contributed by atoms with Crippen molar-refractivity contribution in [1.82, 2.24) is 14.1 Å². The average Bonchev–Trinajstić information content (AvgIpc) is 2.76. The van der Waals surface area contributed by atoms with Crippen LogP contribution in [0.15, 0.2) is 33.6 Å². The minimum Gasteiger partial charge on any atom is -0.492 e.